The Morgan fingerprint density at radius 1 is 1.18 bits per heavy atom. The quantitative estimate of drug-likeness (QED) is 0.747. The van der Waals surface area contributed by atoms with Crippen molar-refractivity contribution in [2.45, 2.75) is 32.6 Å². The number of hydrogen-bond acceptors (Lipinski definition) is 3. The molecule has 0 aliphatic heterocycles. The number of aromatic nitrogens is 1. The Labute approximate surface area is 101 Å². The zero-order chi connectivity index (χ0) is 12.5. The minimum atomic E-state index is -0.208. The summed E-state index contributed by atoms with van der Waals surface area (Å²) in [5.41, 5.74) is 5.60. The van der Waals surface area contributed by atoms with Gasteiger partial charge in [-0.25, -0.2) is 0 Å². The van der Waals surface area contributed by atoms with Crippen molar-refractivity contribution in [1.82, 2.24) is 15.8 Å². The van der Waals surface area contributed by atoms with Crippen molar-refractivity contribution >= 4 is 11.8 Å². The van der Waals surface area contributed by atoms with E-state index in [0.717, 1.165) is 12.1 Å². The van der Waals surface area contributed by atoms with Crippen molar-refractivity contribution in [1.29, 1.82) is 0 Å². The van der Waals surface area contributed by atoms with Gasteiger partial charge in [-0.05, 0) is 25.0 Å². The van der Waals surface area contributed by atoms with Crippen LogP contribution in [0.4, 0.5) is 0 Å². The number of aryl methyl sites for hydroxylation is 1. The van der Waals surface area contributed by atoms with Crippen LogP contribution < -0.4 is 10.9 Å². The molecule has 0 aromatic carbocycles. The number of carbonyl (C=O) groups is 2. The Balaban J connectivity index is 2.20. The van der Waals surface area contributed by atoms with Crippen molar-refractivity contribution in [2.24, 2.45) is 0 Å². The first-order valence-electron chi connectivity index (χ1n) is 5.70. The van der Waals surface area contributed by atoms with Crippen LogP contribution in [0, 0.1) is 0 Å². The van der Waals surface area contributed by atoms with Crippen LogP contribution >= 0.6 is 0 Å². The molecule has 0 spiro atoms. The molecule has 92 valence electrons. The number of nitrogens with one attached hydrogen (secondary N) is 2. The highest BCUT2D eigenvalue weighted by molar-refractivity contribution is 5.81. The van der Waals surface area contributed by atoms with Gasteiger partial charge in [0.25, 0.3) is 0 Å². The summed E-state index contributed by atoms with van der Waals surface area (Å²) in [7, 11) is 0. The molecule has 0 atom stereocenters. The van der Waals surface area contributed by atoms with Gasteiger partial charge >= 0.3 is 0 Å². The summed E-state index contributed by atoms with van der Waals surface area (Å²) in [5.74, 6) is -0.376. The fourth-order valence-corrected chi connectivity index (χ4v) is 1.28. The SMILES string of the molecule is CCCC(=O)NNC(=O)CCc1ccccn1. The topological polar surface area (TPSA) is 71.1 Å². The fraction of sp³-hybridized carbons (Fsp3) is 0.417. The molecule has 0 radical (unpaired) electrons. The largest absolute Gasteiger partial charge is 0.273 e. The van der Waals surface area contributed by atoms with Crippen LogP contribution in [0.15, 0.2) is 24.4 Å². The smallest absolute Gasteiger partial charge is 0.238 e. The first-order chi connectivity index (χ1) is 8.22. The van der Waals surface area contributed by atoms with E-state index in [1.807, 2.05) is 25.1 Å². The third-order valence-corrected chi connectivity index (χ3v) is 2.15. The number of rotatable bonds is 5. The van der Waals surface area contributed by atoms with Crippen LogP contribution in [-0.4, -0.2) is 16.8 Å². The number of amides is 2. The van der Waals surface area contributed by atoms with E-state index in [2.05, 4.69) is 15.8 Å². The summed E-state index contributed by atoms with van der Waals surface area (Å²) in [5, 5.41) is 0. The summed E-state index contributed by atoms with van der Waals surface area (Å²) in [4.78, 5) is 26.6. The van der Waals surface area contributed by atoms with E-state index in [1.54, 1.807) is 6.20 Å². The predicted octanol–water partition coefficient (Wildman–Crippen LogP) is 0.962. The lowest BCUT2D eigenvalue weighted by Gasteiger charge is -2.06. The minimum Gasteiger partial charge on any atom is -0.273 e. The van der Waals surface area contributed by atoms with Gasteiger partial charge in [0.15, 0.2) is 0 Å². The lowest BCUT2D eigenvalue weighted by atomic mass is 10.2. The third-order valence-electron chi connectivity index (χ3n) is 2.15. The molecule has 1 heterocycles. The van der Waals surface area contributed by atoms with Crippen molar-refractivity contribution in [3.8, 4) is 0 Å². The van der Waals surface area contributed by atoms with Crippen LogP contribution in [0.1, 0.15) is 31.9 Å². The number of pyridine rings is 1. The number of hydrogen-bond donors (Lipinski definition) is 2. The highest BCUT2D eigenvalue weighted by Crippen LogP contribution is 1.97. The average molecular weight is 235 g/mol. The highest BCUT2D eigenvalue weighted by atomic mass is 16.2. The molecular formula is C12H17N3O2. The Morgan fingerprint density at radius 3 is 2.47 bits per heavy atom. The summed E-state index contributed by atoms with van der Waals surface area (Å²) < 4.78 is 0. The predicted molar refractivity (Wildman–Crippen MR) is 63.8 cm³/mol. The third kappa shape index (κ3) is 5.65. The molecule has 0 unspecified atom stereocenters. The van der Waals surface area contributed by atoms with Crippen LogP contribution in [0.3, 0.4) is 0 Å². The summed E-state index contributed by atoms with van der Waals surface area (Å²) in [6.07, 6.45) is 3.74. The Bertz CT molecular complexity index is 365. The van der Waals surface area contributed by atoms with E-state index >= 15 is 0 Å². The molecule has 1 rings (SSSR count). The van der Waals surface area contributed by atoms with Gasteiger partial charge in [-0.1, -0.05) is 13.0 Å². The zero-order valence-electron chi connectivity index (χ0n) is 9.90. The molecule has 2 N–H and O–H groups in total. The van der Waals surface area contributed by atoms with Crippen LogP contribution in [-0.2, 0) is 16.0 Å². The molecule has 0 bridgehead atoms. The normalized spacial score (nSPS) is 9.71. The Morgan fingerprint density at radius 2 is 1.88 bits per heavy atom. The van der Waals surface area contributed by atoms with Crippen LogP contribution in [0.5, 0.6) is 0 Å². The van der Waals surface area contributed by atoms with E-state index in [-0.39, 0.29) is 11.8 Å². The summed E-state index contributed by atoms with van der Waals surface area (Å²) in [6.45, 7) is 1.91. The molecule has 0 fully saturated rings. The van der Waals surface area contributed by atoms with E-state index < -0.39 is 0 Å². The first kappa shape index (κ1) is 13.2. The van der Waals surface area contributed by atoms with Crippen molar-refractivity contribution in [2.75, 3.05) is 0 Å². The number of hydrazine groups is 1. The standard InChI is InChI=1S/C12H17N3O2/c1-2-5-11(16)14-15-12(17)8-7-10-6-3-4-9-13-10/h3-4,6,9H,2,5,7-8H2,1H3,(H,14,16)(H,15,17). The molecule has 2 amide bonds. The van der Waals surface area contributed by atoms with E-state index in [1.165, 1.54) is 0 Å². The molecule has 1 aromatic rings. The molecule has 0 aliphatic rings. The maximum atomic E-state index is 11.4. The molecule has 0 saturated carbocycles. The van der Waals surface area contributed by atoms with Gasteiger partial charge < -0.3 is 0 Å². The number of carbonyl (C=O) groups excluding carboxylic acids is 2. The Kier molecular flexibility index (Phi) is 5.71. The monoisotopic (exact) mass is 235 g/mol. The van der Waals surface area contributed by atoms with Crippen LogP contribution in [0.2, 0.25) is 0 Å². The second kappa shape index (κ2) is 7.38. The lowest BCUT2D eigenvalue weighted by Crippen LogP contribution is -2.41. The molecule has 5 nitrogen and oxygen atoms in total. The van der Waals surface area contributed by atoms with Gasteiger partial charge in [-0.15, -0.1) is 0 Å². The second-order valence-electron chi connectivity index (χ2n) is 3.67. The lowest BCUT2D eigenvalue weighted by molar-refractivity contribution is -0.128. The molecule has 17 heavy (non-hydrogen) atoms. The summed E-state index contributed by atoms with van der Waals surface area (Å²) in [6, 6.07) is 5.57. The van der Waals surface area contributed by atoms with E-state index in [0.29, 0.717) is 19.3 Å². The first-order valence-corrected chi connectivity index (χ1v) is 5.70. The molecular weight excluding hydrogens is 218 g/mol. The van der Waals surface area contributed by atoms with Gasteiger partial charge in [0.2, 0.25) is 11.8 Å². The Hall–Kier alpha value is -1.91. The molecule has 5 heteroatoms. The average Bonchev–Trinajstić information content (AvgIpc) is 2.35. The van der Waals surface area contributed by atoms with E-state index in [9.17, 15) is 9.59 Å². The van der Waals surface area contributed by atoms with Crippen molar-refractivity contribution < 1.29 is 9.59 Å². The van der Waals surface area contributed by atoms with Gasteiger partial charge in [-0.2, -0.15) is 0 Å². The maximum absolute atomic E-state index is 11.4. The van der Waals surface area contributed by atoms with Crippen molar-refractivity contribution in [3.63, 3.8) is 0 Å². The fourth-order valence-electron chi connectivity index (χ4n) is 1.28. The zero-order valence-corrected chi connectivity index (χ0v) is 9.90. The van der Waals surface area contributed by atoms with Crippen molar-refractivity contribution in [3.05, 3.63) is 30.1 Å². The second-order valence-corrected chi connectivity index (χ2v) is 3.67. The van der Waals surface area contributed by atoms with Gasteiger partial charge in [0.1, 0.15) is 0 Å². The van der Waals surface area contributed by atoms with Gasteiger partial charge in [-0.3, -0.25) is 25.4 Å². The molecule has 1 aromatic heterocycles. The molecule has 0 aliphatic carbocycles. The summed E-state index contributed by atoms with van der Waals surface area (Å²) >= 11 is 0. The van der Waals surface area contributed by atoms with Gasteiger partial charge in [0.05, 0.1) is 0 Å². The number of nitrogens with zero attached hydrogens (tertiary/aromatic N) is 1. The van der Waals surface area contributed by atoms with Crippen LogP contribution in [0.25, 0.3) is 0 Å². The molecule has 0 saturated heterocycles. The maximum Gasteiger partial charge on any atom is 0.238 e. The van der Waals surface area contributed by atoms with E-state index in [4.69, 9.17) is 0 Å². The highest BCUT2D eigenvalue weighted by Gasteiger charge is 2.04. The minimum absolute atomic E-state index is 0.168. The van der Waals surface area contributed by atoms with Gasteiger partial charge in [0, 0.05) is 24.7 Å².